The van der Waals surface area contributed by atoms with Crippen molar-refractivity contribution in [2.45, 2.75) is 44.2 Å². The van der Waals surface area contributed by atoms with E-state index in [4.69, 9.17) is 4.74 Å². The molecule has 136 valence electrons. The summed E-state index contributed by atoms with van der Waals surface area (Å²) >= 11 is 1.69. The number of aromatic nitrogens is 3. The number of aryl methyl sites for hydroxylation is 2. The van der Waals surface area contributed by atoms with Gasteiger partial charge in [0.05, 0.1) is 0 Å². The molecule has 0 N–H and O–H groups in total. The molecule has 0 spiro atoms. The standard InChI is InChI=1S/C21H25N3OS/c1-5-17-10-12-19(13-11-17)25-16(3)20-22-23-21(24(20)4)26-14-18-8-6-15(2)7-9-18/h6-13,16H,5,14H2,1-4H3/t16-/m0/s1. The van der Waals surface area contributed by atoms with E-state index in [0.717, 1.165) is 28.9 Å². The molecule has 0 radical (unpaired) electrons. The first kappa shape index (κ1) is 18.5. The molecule has 0 fully saturated rings. The van der Waals surface area contributed by atoms with Crippen LogP contribution in [0.25, 0.3) is 0 Å². The molecule has 3 aromatic rings. The van der Waals surface area contributed by atoms with Gasteiger partial charge in [0.2, 0.25) is 0 Å². The van der Waals surface area contributed by atoms with Crippen LogP contribution in [0.4, 0.5) is 0 Å². The van der Waals surface area contributed by atoms with Crippen LogP contribution >= 0.6 is 11.8 Å². The van der Waals surface area contributed by atoms with E-state index in [2.05, 4.69) is 60.4 Å². The van der Waals surface area contributed by atoms with Crippen molar-refractivity contribution < 1.29 is 4.74 Å². The molecule has 26 heavy (non-hydrogen) atoms. The zero-order valence-electron chi connectivity index (χ0n) is 15.8. The number of rotatable bonds is 7. The molecule has 3 rings (SSSR count). The van der Waals surface area contributed by atoms with Crippen molar-refractivity contribution in [3.8, 4) is 5.75 Å². The predicted molar refractivity (Wildman–Crippen MR) is 107 cm³/mol. The average Bonchev–Trinajstić information content (AvgIpc) is 3.02. The van der Waals surface area contributed by atoms with Gasteiger partial charge in [-0.2, -0.15) is 0 Å². The third-order valence-electron chi connectivity index (χ3n) is 4.37. The highest BCUT2D eigenvalue weighted by atomic mass is 32.2. The summed E-state index contributed by atoms with van der Waals surface area (Å²) in [7, 11) is 1.99. The molecule has 0 bridgehead atoms. The number of hydrogen-bond acceptors (Lipinski definition) is 4. The maximum atomic E-state index is 6.04. The summed E-state index contributed by atoms with van der Waals surface area (Å²) in [6.07, 6.45) is 0.870. The Labute approximate surface area is 159 Å². The second-order valence-corrected chi connectivity index (χ2v) is 7.37. The molecule has 0 amide bonds. The summed E-state index contributed by atoms with van der Waals surface area (Å²) in [4.78, 5) is 0. The fourth-order valence-electron chi connectivity index (χ4n) is 2.70. The van der Waals surface area contributed by atoms with E-state index in [0.29, 0.717) is 0 Å². The zero-order chi connectivity index (χ0) is 18.5. The Morgan fingerprint density at radius 3 is 2.31 bits per heavy atom. The normalized spacial score (nSPS) is 12.2. The van der Waals surface area contributed by atoms with Crippen molar-refractivity contribution in [1.82, 2.24) is 14.8 Å². The summed E-state index contributed by atoms with van der Waals surface area (Å²) in [6, 6.07) is 16.8. The van der Waals surface area contributed by atoms with Crippen LogP contribution in [-0.4, -0.2) is 14.8 Å². The molecule has 1 aromatic heterocycles. The number of ether oxygens (including phenoxy) is 1. The molecule has 0 aliphatic rings. The number of hydrogen-bond donors (Lipinski definition) is 0. The summed E-state index contributed by atoms with van der Waals surface area (Å²) in [5.74, 6) is 2.56. The van der Waals surface area contributed by atoms with Gasteiger partial charge in [0, 0.05) is 12.8 Å². The molecule has 0 saturated heterocycles. The lowest BCUT2D eigenvalue weighted by Crippen LogP contribution is -2.10. The van der Waals surface area contributed by atoms with Gasteiger partial charge in [-0.3, -0.25) is 0 Å². The number of benzene rings is 2. The maximum absolute atomic E-state index is 6.04. The van der Waals surface area contributed by atoms with Gasteiger partial charge in [0.1, 0.15) is 5.75 Å². The highest BCUT2D eigenvalue weighted by Gasteiger charge is 2.17. The Balaban J connectivity index is 1.64. The van der Waals surface area contributed by atoms with Crippen LogP contribution in [0.2, 0.25) is 0 Å². The molecule has 4 nitrogen and oxygen atoms in total. The van der Waals surface area contributed by atoms with Crippen LogP contribution in [0.5, 0.6) is 5.75 Å². The Morgan fingerprint density at radius 2 is 1.65 bits per heavy atom. The molecular formula is C21H25N3OS. The summed E-state index contributed by atoms with van der Waals surface area (Å²) in [5.41, 5.74) is 3.86. The second-order valence-electron chi connectivity index (χ2n) is 6.43. The van der Waals surface area contributed by atoms with Crippen LogP contribution in [0, 0.1) is 6.92 Å². The number of nitrogens with zero attached hydrogens (tertiary/aromatic N) is 3. The highest BCUT2D eigenvalue weighted by molar-refractivity contribution is 7.98. The molecular weight excluding hydrogens is 342 g/mol. The Bertz CT molecular complexity index is 841. The smallest absolute Gasteiger partial charge is 0.191 e. The quantitative estimate of drug-likeness (QED) is 0.544. The first-order valence-corrected chi connectivity index (χ1v) is 9.88. The molecule has 0 aliphatic heterocycles. The summed E-state index contributed by atoms with van der Waals surface area (Å²) in [6.45, 7) is 6.25. The molecule has 0 unspecified atom stereocenters. The van der Waals surface area contributed by atoms with Crippen molar-refractivity contribution in [2.24, 2.45) is 7.05 Å². The zero-order valence-corrected chi connectivity index (χ0v) is 16.6. The summed E-state index contributed by atoms with van der Waals surface area (Å²) < 4.78 is 8.06. The molecule has 5 heteroatoms. The topological polar surface area (TPSA) is 39.9 Å². The monoisotopic (exact) mass is 367 g/mol. The molecule has 1 heterocycles. The van der Waals surface area contributed by atoms with Crippen LogP contribution in [0.1, 0.15) is 42.5 Å². The molecule has 2 aromatic carbocycles. The van der Waals surface area contributed by atoms with Gasteiger partial charge in [-0.1, -0.05) is 60.6 Å². The lowest BCUT2D eigenvalue weighted by molar-refractivity contribution is 0.211. The van der Waals surface area contributed by atoms with Gasteiger partial charge in [-0.05, 0) is 43.5 Å². The third kappa shape index (κ3) is 4.47. The van der Waals surface area contributed by atoms with Gasteiger partial charge in [0.25, 0.3) is 0 Å². The molecule has 1 atom stereocenters. The average molecular weight is 368 g/mol. The Hall–Kier alpha value is -2.27. The van der Waals surface area contributed by atoms with E-state index >= 15 is 0 Å². The van der Waals surface area contributed by atoms with E-state index in [1.165, 1.54) is 16.7 Å². The first-order valence-electron chi connectivity index (χ1n) is 8.90. The van der Waals surface area contributed by atoms with Crippen LogP contribution in [0.3, 0.4) is 0 Å². The minimum Gasteiger partial charge on any atom is -0.483 e. The van der Waals surface area contributed by atoms with Crippen molar-refractivity contribution in [3.05, 3.63) is 71.0 Å². The minimum absolute atomic E-state index is 0.159. The summed E-state index contributed by atoms with van der Waals surface area (Å²) in [5, 5.41) is 9.57. The fraction of sp³-hybridized carbons (Fsp3) is 0.333. The van der Waals surface area contributed by atoms with Crippen LogP contribution in [-0.2, 0) is 19.2 Å². The highest BCUT2D eigenvalue weighted by Crippen LogP contribution is 2.25. The van der Waals surface area contributed by atoms with E-state index < -0.39 is 0 Å². The van der Waals surface area contributed by atoms with Crippen molar-refractivity contribution in [3.63, 3.8) is 0 Å². The largest absolute Gasteiger partial charge is 0.483 e. The van der Waals surface area contributed by atoms with E-state index in [1.54, 1.807) is 11.8 Å². The lowest BCUT2D eigenvalue weighted by Gasteiger charge is -2.14. The third-order valence-corrected chi connectivity index (χ3v) is 5.46. The van der Waals surface area contributed by atoms with E-state index in [9.17, 15) is 0 Å². The van der Waals surface area contributed by atoms with Crippen molar-refractivity contribution >= 4 is 11.8 Å². The first-order chi connectivity index (χ1) is 12.6. The van der Waals surface area contributed by atoms with Crippen molar-refractivity contribution in [1.29, 1.82) is 0 Å². The minimum atomic E-state index is -0.159. The van der Waals surface area contributed by atoms with Gasteiger partial charge in [0.15, 0.2) is 17.1 Å². The maximum Gasteiger partial charge on any atom is 0.191 e. The SMILES string of the molecule is CCc1ccc(O[C@@H](C)c2nnc(SCc3ccc(C)cc3)n2C)cc1. The van der Waals surface area contributed by atoms with Crippen LogP contribution in [0.15, 0.2) is 53.7 Å². The van der Waals surface area contributed by atoms with Crippen LogP contribution < -0.4 is 4.74 Å². The van der Waals surface area contributed by atoms with Gasteiger partial charge >= 0.3 is 0 Å². The number of thioether (sulfide) groups is 1. The van der Waals surface area contributed by atoms with Gasteiger partial charge in [-0.25, -0.2) is 0 Å². The molecule has 0 aliphatic carbocycles. The second kappa shape index (κ2) is 8.41. The fourth-order valence-corrected chi connectivity index (χ4v) is 3.57. The lowest BCUT2D eigenvalue weighted by atomic mass is 10.2. The van der Waals surface area contributed by atoms with Gasteiger partial charge in [-0.15, -0.1) is 10.2 Å². The van der Waals surface area contributed by atoms with Crippen molar-refractivity contribution in [2.75, 3.05) is 0 Å². The van der Waals surface area contributed by atoms with E-state index in [-0.39, 0.29) is 6.10 Å². The Morgan fingerprint density at radius 1 is 1.00 bits per heavy atom. The van der Waals surface area contributed by atoms with E-state index in [1.807, 2.05) is 30.7 Å². The Kier molecular flexibility index (Phi) is 5.99. The molecule has 0 saturated carbocycles. The predicted octanol–water partition coefficient (Wildman–Crippen LogP) is 5.12. The van der Waals surface area contributed by atoms with Gasteiger partial charge < -0.3 is 9.30 Å².